The summed E-state index contributed by atoms with van der Waals surface area (Å²) < 4.78 is 5.08. The summed E-state index contributed by atoms with van der Waals surface area (Å²) in [7, 11) is 0. The lowest BCUT2D eigenvalue weighted by Gasteiger charge is -2.15. The minimum absolute atomic E-state index is 0.118. The second-order valence-corrected chi connectivity index (χ2v) is 3.52. The van der Waals surface area contributed by atoms with Crippen LogP contribution in [-0.2, 0) is 4.74 Å². The molecule has 0 aliphatic rings. The molecule has 0 aliphatic heterocycles. The number of ether oxygens (including phenoxy) is 1. The summed E-state index contributed by atoms with van der Waals surface area (Å²) >= 11 is 0. The van der Waals surface area contributed by atoms with E-state index in [4.69, 9.17) is 4.74 Å². The van der Waals surface area contributed by atoms with Crippen LogP contribution in [-0.4, -0.2) is 23.7 Å². The van der Waals surface area contributed by atoms with Crippen molar-refractivity contribution >= 4 is 0 Å². The first kappa shape index (κ1) is 11.1. The summed E-state index contributed by atoms with van der Waals surface area (Å²) in [5.41, 5.74) is -0.135. The van der Waals surface area contributed by atoms with Crippen molar-refractivity contribution in [1.82, 2.24) is 0 Å². The molecule has 0 aromatic rings. The third-order valence-electron chi connectivity index (χ3n) is 1.30. The standard InChI is InChI=1S/C8H15NO3/c1-7(2)5-12-6-8(3,4)9(10)11/h1,5-6H2,2-4H3. The molecule has 0 bridgehead atoms. The molecule has 0 heterocycles. The predicted molar refractivity (Wildman–Crippen MR) is 46.7 cm³/mol. The Hall–Kier alpha value is -0.900. The maximum Gasteiger partial charge on any atom is 0.239 e. The van der Waals surface area contributed by atoms with Crippen molar-refractivity contribution in [3.63, 3.8) is 0 Å². The second-order valence-electron chi connectivity index (χ2n) is 3.52. The van der Waals surface area contributed by atoms with E-state index in [0.717, 1.165) is 5.57 Å². The molecule has 0 saturated heterocycles. The molecule has 0 atom stereocenters. The Labute approximate surface area is 72.4 Å². The van der Waals surface area contributed by atoms with E-state index in [-0.39, 0.29) is 11.5 Å². The van der Waals surface area contributed by atoms with E-state index in [2.05, 4.69) is 6.58 Å². The Kier molecular flexibility index (Phi) is 3.89. The fourth-order valence-corrected chi connectivity index (χ4v) is 0.528. The first-order valence-corrected chi connectivity index (χ1v) is 3.73. The van der Waals surface area contributed by atoms with Gasteiger partial charge in [-0.1, -0.05) is 12.2 Å². The maximum atomic E-state index is 10.4. The van der Waals surface area contributed by atoms with Crippen LogP contribution < -0.4 is 0 Å². The van der Waals surface area contributed by atoms with Crippen LogP contribution in [0.5, 0.6) is 0 Å². The molecule has 0 amide bonds. The van der Waals surface area contributed by atoms with Crippen LogP contribution >= 0.6 is 0 Å². The SMILES string of the molecule is C=C(C)COCC(C)(C)[N+](=O)[O-]. The molecular formula is C8H15NO3. The van der Waals surface area contributed by atoms with Gasteiger partial charge in [0.05, 0.1) is 6.61 Å². The summed E-state index contributed by atoms with van der Waals surface area (Å²) in [5, 5.41) is 10.4. The Balaban J connectivity index is 3.76. The summed E-state index contributed by atoms with van der Waals surface area (Å²) in [6.07, 6.45) is 0. The first-order valence-electron chi connectivity index (χ1n) is 3.73. The van der Waals surface area contributed by atoms with E-state index >= 15 is 0 Å². The average molecular weight is 173 g/mol. The minimum Gasteiger partial charge on any atom is -0.370 e. The minimum atomic E-state index is -1.00. The maximum absolute atomic E-state index is 10.4. The van der Waals surface area contributed by atoms with Gasteiger partial charge in [-0.15, -0.1) is 0 Å². The highest BCUT2D eigenvalue weighted by Gasteiger charge is 2.30. The van der Waals surface area contributed by atoms with Gasteiger partial charge >= 0.3 is 0 Å². The van der Waals surface area contributed by atoms with Gasteiger partial charge in [-0.3, -0.25) is 10.1 Å². The highest BCUT2D eigenvalue weighted by Crippen LogP contribution is 2.08. The summed E-state index contributed by atoms with van der Waals surface area (Å²) in [5.74, 6) is 0. The quantitative estimate of drug-likeness (QED) is 0.360. The second kappa shape index (κ2) is 4.21. The highest BCUT2D eigenvalue weighted by atomic mass is 16.6. The average Bonchev–Trinajstić information content (AvgIpc) is 1.85. The summed E-state index contributed by atoms with van der Waals surface area (Å²) in [6, 6.07) is 0. The lowest BCUT2D eigenvalue weighted by atomic mass is 10.1. The zero-order valence-corrected chi connectivity index (χ0v) is 7.79. The third-order valence-corrected chi connectivity index (χ3v) is 1.30. The van der Waals surface area contributed by atoms with Gasteiger partial charge in [0.2, 0.25) is 5.54 Å². The van der Waals surface area contributed by atoms with Gasteiger partial charge in [0, 0.05) is 18.8 Å². The zero-order valence-electron chi connectivity index (χ0n) is 7.79. The van der Waals surface area contributed by atoms with E-state index in [9.17, 15) is 10.1 Å². The van der Waals surface area contributed by atoms with Crippen LogP contribution in [0.25, 0.3) is 0 Å². The van der Waals surface area contributed by atoms with Crippen molar-refractivity contribution < 1.29 is 9.66 Å². The number of rotatable bonds is 5. The van der Waals surface area contributed by atoms with Gasteiger partial charge < -0.3 is 4.74 Å². The van der Waals surface area contributed by atoms with Crippen LogP contribution in [0.3, 0.4) is 0 Å². The van der Waals surface area contributed by atoms with Gasteiger partial charge in [-0.25, -0.2) is 0 Å². The van der Waals surface area contributed by atoms with Gasteiger partial charge in [0.25, 0.3) is 0 Å². The molecule has 0 spiro atoms. The van der Waals surface area contributed by atoms with Gasteiger partial charge in [-0.05, 0) is 6.92 Å². The molecule has 12 heavy (non-hydrogen) atoms. The van der Waals surface area contributed by atoms with Crippen LogP contribution in [0, 0.1) is 10.1 Å². The largest absolute Gasteiger partial charge is 0.370 e. The lowest BCUT2D eigenvalue weighted by molar-refractivity contribution is -0.564. The first-order chi connectivity index (χ1) is 5.36. The zero-order chi connectivity index (χ0) is 9.78. The molecule has 4 heteroatoms. The van der Waals surface area contributed by atoms with E-state index in [1.807, 2.05) is 6.92 Å². The van der Waals surface area contributed by atoms with Crippen molar-refractivity contribution in [3.8, 4) is 0 Å². The van der Waals surface area contributed by atoms with Gasteiger partial charge in [0.15, 0.2) is 0 Å². The molecule has 0 aromatic heterocycles. The summed E-state index contributed by atoms with van der Waals surface area (Å²) in [6.45, 7) is 9.01. The number of hydrogen-bond acceptors (Lipinski definition) is 3. The molecule has 0 aromatic carbocycles. The molecule has 0 rings (SSSR count). The van der Waals surface area contributed by atoms with E-state index in [1.54, 1.807) is 0 Å². The molecule has 0 unspecified atom stereocenters. The number of nitrogens with zero attached hydrogens (tertiary/aromatic N) is 1. The van der Waals surface area contributed by atoms with Crippen molar-refractivity contribution in [2.45, 2.75) is 26.3 Å². The van der Waals surface area contributed by atoms with Crippen molar-refractivity contribution in [2.24, 2.45) is 0 Å². The molecule has 0 N–H and O–H groups in total. The molecule has 0 aliphatic carbocycles. The van der Waals surface area contributed by atoms with Crippen LogP contribution in [0.4, 0.5) is 0 Å². The molecule has 0 saturated carbocycles. The normalized spacial score (nSPS) is 11.2. The van der Waals surface area contributed by atoms with E-state index in [0.29, 0.717) is 6.61 Å². The van der Waals surface area contributed by atoms with Crippen molar-refractivity contribution in [3.05, 3.63) is 22.3 Å². The van der Waals surface area contributed by atoms with Crippen LogP contribution in [0.2, 0.25) is 0 Å². The predicted octanol–water partition coefficient (Wildman–Crippen LogP) is 1.63. The fraction of sp³-hybridized carbons (Fsp3) is 0.750. The lowest BCUT2D eigenvalue weighted by Crippen LogP contribution is -2.36. The summed E-state index contributed by atoms with van der Waals surface area (Å²) in [4.78, 5) is 10.1. The molecule has 0 radical (unpaired) electrons. The number of nitro groups is 1. The molecular weight excluding hydrogens is 158 g/mol. The Bertz CT molecular complexity index is 187. The highest BCUT2D eigenvalue weighted by molar-refractivity contribution is 4.87. The van der Waals surface area contributed by atoms with Crippen molar-refractivity contribution in [1.29, 1.82) is 0 Å². The Morgan fingerprint density at radius 1 is 1.67 bits per heavy atom. The van der Waals surface area contributed by atoms with Crippen molar-refractivity contribution in [2.75, 3.05) is 13.2 Å². The van der Waals surface area contributed by atoms with Gasteiger partial charge in [0.1, 0.15) is 6.61 Å². The van der Waals surface area contributed by atoms with Crippen LogP contribution in [0.15, 0.2) is 12.2 Å². The van der Waals surface area contributed by atoms with E-state index < -0.39 is 5.54 Å². The Morgan fingerprint density at radius 2 is 2.17 bits per heavy atom. The third kappa shape index (κ3) is 4.08. The van der Waals surface area contributed by atoms with E-state index in [1.165, 1.54) is 13.8 Å². The molecule has 70 valence electrons. The smallest absolute Gasteiger partial charge is 0.239 e. The number of hydrogen-bond donors (Lipinski definition) is 0. The molecule has 4 nitrogen and oxygen atoms in total. The Morgan fingerprint density at radius 3 is 2.50 bits per heavy atom. The fourth-order valence-electron chi connectivity index (χ4n) is 0.528. The topological polar surface area (TPSA) is 52.4 Å². The molecule has 0 fully saturated rings. The van der Waals surface area contributed by atoms with Crippen LogP contribution in [0.1, 0.15) is 20.8 Å². The van der Waals surface area contributed by atoms with Gasteiger partial charge in [-0.2, -0.15) is 0 Å². The monoisotopic (exact) mass is 173 g/mol.